The summed E-state index contributed by atoms with van der Waals surface area (Å²) in [6.07, 6.45) is 0. The van der Waals surface area contributed by atoms with Crippen molar-refractivity contribution in [3.05, 3.63) is 95.8 Å². The highest BCUT2D eigenvalue weighted by atomic mass is 79.9. The Morgan fingerprint density at radius 1 is 0.821 bits per heavy atom. The Kier molecular flexibility index (Phi) is 6.67. The number of halogens is 3. The zero-order valence-electron chi connectivity index (χ0n) is 15.3. The van der Waals surface area contributed by atoms with E-state index in [9.17, 15) is 10.2 Å². The summed E-state index contributed by atoms with van der Waals surface area (Å²) in [4.78, 5) is 0. The van der Waals surface area contributed by atoms with Crippen LogP contribution in [0.4, 0.5) is 0 Å². The van der Waals surface area contributed by atoms with Crippen LogP contribution in [-0.2, 0) is 12.2 Å². The molecule has 3 nitrogen and oxygen atoms in total. The van der Waals surface area contributed by atoms with E-state index in [-0.39, 0.29) is 6.61 Å². The number of hydrogen-bond donors (Lipinski definition) is 2. The zero-order valence-corrected chi connectivity index (χ0v) is 20.1. The first-order valence-electron chi connectivity index (χ1n) is 8.54. The van der Waals surface area contributed by atoms with Gasteiger partial charge in [-0.2, -0.15) is 0 Å². The normalized spacial score (nSPS) is 13.2. The Hall–Kier alpha value is -1.18. The molecule has 3 aromatic carbocycles. The van der Waals surface area contributed by atoms with Crippen LogP contribution in [0.3, 0.4) is 0 Å². The Morgan fingerprint density at radius 3 is 1.86 bits per heavy atom. The van der Waals surface area contributed by atoms with E-state index in [1.807, 2.05) is 61.5 Å². The van der Waals surface area contributed by atoms with Gasteiger partial charge in [0.25, 0.3) is 0 Å². The van der Waals surface area contributed by atoms with Crippen LogP contribution in [0, 0.1) is 6.92 Å². The predicted molar refractivity (Wildman–Crippen MR) is 122 cm³/mol. The summed E-state index contributed by atoms with van der Waals surface area (Å²) < 4.78 is 7.75. The van der Waals surface area contributed by atoms with Crippen LogP contribution >= 0.6 is 47.8 Å². The first kappa shape index (κ1) is 21.5. The van der Waals surface area contributed by atoms with E-state index < -0.39 is 5.60 Å². The number of aliphatic hydroxyl groups is 2. The third kappa shape index (κ3) is 3.94. The van der Waals surface area contributed by atoms with Crippen LogP contribution in [0.5, 0.6) is 5.75 Å². The van der Waals surface area contributed by atoms with Crippen LogP contribution in [0.1, 0.15) is 27.8 Å². The lowest BCUT2D eigenvalue weighted by Crippen LogP contribution is -2.29. The SMILES string of the molecule is COc1ccc(C(O)(c2ccc(C)c(Br)c2)c2ccc(CO)c(Br)c2)cc1Br. The van der Waals surface area contributed by atoms with Crippen LogP contribution < -0.4 is 4.74 Å². The van der Waals surface area contributed by atoms with Gasteiger partial charge in [0.2, 0.25) is 0 Å². The van der Waals surface area contributed by atoms with Gasteiger partial charge in [-0.15, -0.1) is 0 Å². The summed E-state index contributed by atoms with van der Waals surface area (Å²) in [5.41, 5.74) is 2.54. The molecule has 0 bridgehead atoms. The monoisotopic (exact) mass is 568 g/mol. The van der Waals surface area contributed by atoms with Gasteiger partial charge >= 0.3 is 0 Å². The molecule has 0 spiro atoms. The summed E-state index contributed by atoms with van der Waals surface area (Å²) in [6.45, 7) is 1.92. The molecule has 3 rings (SSSR count). The van der Waals surface area contributed by atoms with E-state index in [2.05, 4.69) is 47.8 Å². The first-order chi connectivity index (χ1) is 13.3. The summed E-state index contributed by atoms with van der Waals surface area (Å²) in [5.74, 6) is 0.688. The quantitative estimate of drug-likeness (QED) is 0.366. The fourth-order valence-electron chi connectivity index (χ4n) is 3.11. The van der Waals surface area contributed by atoms with Gasteiger partial charge in [-0.1, -0.05) is 62.2 Å². The fraction of sp³-hybridized carbons (Fsp3) is 0.182. The molecule has 1 unspecified atom stereocenters. The molecule has 0 aliphatic rings. The summed E-state index contributed by atoms with van der Waals surface area (Å²) in [5, 5.41) is 21.5. The molecule has 0 aliphatic heterocycles. The van der Waals surface area contributed by atoms with Gasteiger partial charge < -0.3 is 14.9 Å². The Balaban J connectivity index is 2.28. The van der Waals surface area contributed by atoms with Crippen molar-refractivity contribution in [3.8, 4) is 5.75 Å². The fourth-order valence-corrected chi connectivity index (χ4v) is 4.53. The maximum atomic E-state index is 12.1. The van der Waals surface area contributed by atoms with Crippen LogP contribution in [0.2, 0.25) is 0 Å². The standard InChI is InChI=1S/C22H19Br3O3/c1-13-3-5-15(9-18(13)23)22(27,16-6-4-14(12-26)19(24)10-16)17-7-8-21(28-2)20(25)11-17/h3-11,26-27H,12H2,1-2H3. The number of benzene rings is 3. The second kappa shape index (κ2) is 8.67. The van der Waals surface area contributed by atoms with E-state index in [1.165, 1.54) is 0 Å². The molecule has 0 radical (unpaired) electrons. The number of methoxy groups -OCH3 is 1. The average molecular weight is 571 g/mol. The number of ether oxygens (including phenoxy) is 1. The third-order valence-electron chi connectivity index (χ3n) is 4.80. The molecule has 0 heterocycles. The Bertz CT molecular complexity index is 964. The molecule has 0 aromatic heterocycles. The number of aryl methyl sites for hydroxylation is 1. The Morgan fingerprint density at radius 2 is 1.36 bits per heavy atom. The highest BCUT2D eigenvalue weighted by Crippen LogP contribution is 2.41. The second-order valence-electron chi connectivity index (χ2n) is 6.49. The molecule has 0 aliphatic carbocycles. The predicted octanol–water partition coefficient (Wildman–Crippen LogP) is 6.07. The minimum absolute atomic E-state index is 0.0799. The van der Waals surface area contributed by atoms with Gasteiger partial charge in [0.1, 0.15) is 11.4 Å². The van der Waals surface area contributed by atoms with E-state index in [4.69, 9.17) is 4.74 Å². The van der Waals surface area contributed by atoms with Crippen molar-refractivity contribution in [1.29, 1.82) is 0 Å². The molecule has 28 heavy (non-hydrogen) atoms. The lowest BCUT2D eigenvalue weighted by Gasteiger charge is -2.31. The van der Waals surface area contributed by atoms with Crippen LogP contribution in [-0.4, -0.2) is 17.3 Å². The lowest BCUT2D eigenvalue weighted by atomic mass is 9.80. The largest absolute Gasteiger partial charge is 0.496 e. The van der Waals surface area contributed by atoms with Crippen molar-refractivity contribution in [2.75, 3.05) is 7.11 Å². The molecular weight excluding hydrogens is 552 g/mol. The molecule has 0 fully saturated rings. The summed E-state index contributed by atoms with van der Waals surface area (Å²) >= 11 is 10.6. The molecule has 0 amide bonds. The third-order valence-corrected chi connectivity index (χ3v) is 7.01. The van der Waals surface area contributed by atoms with Gasteiger partial charge in [-0.05, 0) is 74.9 Å². The van der Waals surface area contributed by atoms with Crippen molar-refractivity contribution in [1.82, 2.24) is 0 Å². The van der Waals surface area contributed by atoms with Crippen molar-refractivity contribution >= 4 is 47.8 Å². The molecular formula is C22H19Br3O3. The minimum Gasteiger partial charge on any atom is -0.496 e. The van der Waals surface area contributed by atoms with Crippen LogP contribution in [0.25, 0.3) is 0 Å². The Labute approximate surface area is 189 Å². The molecule has 0 saturated carbocycles. The van der Waals surface area contributed by atoms with Gasteiger partial charge in [-0.25, -0.2) is 0 Å². The first-order valence-corrected chi connectivity index (χ1v) is 10.9. The lowest BCUT2D eigenvalue weighted by molar-refractivity contribution is 0.125. The van der Waals surface area contributed by atoms with E-state index in [0.717, 1.165) is 30.1 Å². The van der Waals surface area contributed by atoms with Crippen molar-refractivity contribution < 1.29 is 14.9 Å². The smallest absolute Gasteiger partial charge is 0.140 e. The number of rotatable bonds is 5. The minimum atomic E-state index is -1.40. The van der Waals surface area contributed by atoms with Gasteiger partial charge in [-0.3, -0.25) is 0 Å². The molecule has 2 N–H and O–H groups in total. The van der Waals surface area contributed by atoms with Gasteiger partial charge in [0, 0.05) is 8.95 Å². The van der Waals surface area contributed by atoms with E-state index >= 15 is 0 Å². The summed E-state index contributed by atoms with van der Waals surface area (Å²) in [6, 6.07) is 16.9. The molecule has 1 atom stereocenters. The number of hydrogen-bond acceptors (Lipinski definition) is 3. The van der Waals surface area contributed by atoms with Crippen LogP contribution in [0.15, 0.2) is 68.0 Å². The second-order valence-corrected chi connectivity index (χ2v) is 9.05. The molecule has 6 heteroatoms. The van der Waals surface area contributed by atoms with E-state index in [0.29, 0.717) is 16.9 Å². The summed E-state index contributed by atoms with van der Waals surface area (Å²) in [7, 11) is 1.60. The maximum Gasteiger partial charge on any atom is 0.140 e. The maximum absolute atomic E-state index is 12.1. The van der Waals surface area contributed by atoms with Gasteiger partial charge in [0.15, 0.2) is 0 Å². The topological polar surface area (TPSA) is 49.7 Å². The number of aliphatic hydroxyl groups excluding tert-OH is 1. The van der Waals surface area contributed by atoms with Crippen molar-refractivity contribution in [3.63, 3.8) is 0 Å². The highest BCUT2D eigenvalue weighted by Gasteiger charge is 2.35. The highest BCUT2D eigenvalue weighted by molar-refractivity contribution is 9.11. The van der Waals surface area contributed by atoms with Crippen molar-refractivity contribution in [2.24, 2.45) is 0 Å². The molecule has 0 saturated heterocycles. The van der Waals surface area contributed by atoms with Gasteiger partial charge in [0.05, 0.1) is 18.2 Å². The average Bonchev–Trinajstić information content (AvgIpc) is 2.69. The zero-order chi connectivity index (χ0) is 20.5. The van der Waals surface area contributed by atoms with Crippen molar-refractivity contribution in [2.45, 2.75) is 19.1 Å². The van der Waals surface area contributed by atoms with E-state index in [1.54, 1.807) is 7.11 Å². The molecule has 3 aromatic rings. The molecule has 146 valence electrons.